The van der Waals surface area contributed by atoms with Crippen LogP contribution in [0.2, 0.25) is 0 Å². The molecule has 1 N–H and O–H groups in total. The van der Waals surface area contributed by atoms with Gasteiger partial charge in [-0.1, -0.05) is 24.3 Å². The largest absolute Gasteiger partial charge is 0.491 e. The van der Waals surface area contributed by atoms with E-state index >= 15 is 0 Å². The van der Waals surface area contributed by atoms with Crippen molar-refractivity contribution in [3.63, 3.8) is 0 Å². The second-order valence-electron chi connectivity index (χ2n) is 3.55. The second kappa shape index (κ2) is 3.49. The average molecular weight is 216 g/mol. The first kappa shape index (κ1) is 9.15. The number of thiophene rings is 1. The molecule has 0 atom stereocenters. The Morgan fingerprint density at radius 2 is 2.27 bits per heavy atom. The van der Waals surface area contributed by atoms with Crippen molar-refractivity contribution >= 4 is 23.9 Å². The van der Waals surface area contributed by atoms with E-state index in [0.29, 0.717) is 6.61 Å². The van der Waals surface area contributed by atoms with Crippen molar-refractivity contribution in [2.24, 2.45) is 0 Å². The van der Waals surface area contributed by atoms with Crippen molar-refractivity contribution in [3.05, 3.63) is 41.3 Å². The van der Waals surface area contributed by atoms with E-state index in [1.54, 1.807) is 11.3 Å². The Bertz CT molecular complexity index is 481. The van der Waals surface area contributed by atoms with Gasteiger partial charge in [0.05, 0.1) is 6.61 Å². The number of rotatable bonds is 1. The van der Waals surface area contributed by atoms with E-state index < -0.39 is 7.12 Å². The highest BCUT2D eigenvalue weighted by Gasteiger charge is 2.27. The lowest BCUT2D eigenvalue weighted by atomic mass is 9.79. The van der Waals surface area contributed by atoms with Crippen LogP contribution in [0.4, 0.5) is 0 Å². The summed E-state index contributed by atoms with van der Waals surface area (Å²) in [6.45, 7) is 0.515. The van der Waals surface area contributed by atoms with Crippen molar-refractivity contribution in [1.29, 1.82) is 0 Å². The molecule has 0 radical (unpaired) electrons. The van der Waals surface area contributed by atoms with Gasteiger partial charge in [0.25, 0.3) is 0 Å². The Labute approximate surface area is 92.3 Å². The summed E-state index contributed by atoms with van der Waals surface area (Å²) >= 11 is 1.70. The summed E-state index contributed by atoms with van der Waals surface area (Å²) in [4.78, 5) is 1.22. The zero-order valence-corrected chi connectivity index (χ0v) is 8.83. The Morgan fingerprint density at radius 1 is 1.33 bits per heavy atom. The molecule has 2 nitrogen and oxygen atoms in total. The van der Waals surface area contributed by atoms with Crippen molar-refractivity contribution in [2.75, 3.05) is 0 Å². The molecule has 1 aliphatic rings. The zero-order valence-electron chi connectivity index (χ0n) is 8.01. The third-order valence-corrected chi connectivity index (χ3v) is 3.53. The molecule has 0 aliphatic carbocycles. The molecule has 0 unspecified atom stereocenters. The van der Waals surface area contributed by atoms with Gasteiger partial charge in [-0.15, -0.1) is 11.3 Å². The Morgan fingerprint density at radius 3 is 3.07 bits per heavy atom. The number of fused-ring (bicyclic) bond motifs is 1. The van der Waals surface area contributed by atoms with Crippen molar-refractivity contribution in [1.82, 2.24) is 0 Å². The molecular formula is C11H9BO2S. The molecule has 1 aromatic heterocycles. The lowest BCUT2D eigenvalue weighted by Crippen LogP contribution is -2.27. The molecule has 0 saturated heterocycles. The molecule has 0 saturated carbocycles. The second-order valence-corrected chi connectivity index (χ2v) is 4.50. The first-order valence-electron chi connectivity index (χ1n) is 4.81. The minimum absolute atomic E-state index is 0.515. The predicted octanol–water partition coefficient (Wildman–Crippen LogP) is 1.63. The maximum absolute atomic E-state index is 9.58. The molecule has 2 heterocycles. The quantitative estimate of drug-likeness (QED) is 0.734. The Kier molecular flexibility index (Phi) is 2.13. The summed E-state index contributed by atoms with van der Waals surface area (Å²) < 4.78 is 5.15. The first-order valence-corrected chi connectivity index (χ1v) is 5.69. The first-order chi connectivity index (χ1) is 7.34. The van der Waals surface area contributed by atoms with Crippen LogP contribution in [0.5, 0.6) is 0 Å². The van der Waals surface area contributed by atoms with Gasteiger partial charge < -0.3 is 9.68 Å². The molecular weight excluding hydrogens is 207 g/mol. The molecule has 74 valence electrons. The molecule has 0 amide bonds. The monoisotopic (exact) mass is 216 g/mol. The molecule has 0 fully saturated rings. The van der Waals surface area contributed by atoms with E-state index in [4.69, 9.17) is 4.65 Å². The van der Waals surface area contributed by atoms with Crippen LogP contribution in [-0.2, 0) is 11.3 Å². The Balaban J connectivity index is 2.09. The van der Waals surface area contributed by atoms with Gasteiger partial charge in [-0.25, -0.2) is 0 Å². The topological polar surface area (TPSA) is 29.5 Å². The summed E-state index contributed by atoms with van der Waals surface area (Å²) in [5.74, 6) is 0. The molecule has 4 heteroatoms. The van der Waals surface area contributed by atoms with Crippen LogP contribution in [0.3, 0.4) is 0 Å². The predicted molar refractivity (Wildman–Crippen MR) is 62.2 cm³/mol. The van der Waals surface area contributed by atoms with Gasteiger partial charge in [-0.05, 0) is 28.0 Å². The van der Waals surface area contributed by atoms with Gasteiger partial charge in [0.15, 0.2) is 0 Å². The van der Waals surface area contributed by atoms with E-state index in [1.165, 1.54) is 4.88 Å². The lowest BCUT2D eigenvalue weighted by Gasteiger charge is -2.01. The summed E-state index contributed by atoms with van der Waals surface area (Å²) in [5.41, 5.74) is 3.14. The highest BCUT2D eigenvalue weighted by Crippen LogP contribution is 2.25. The van der Waals surface area contributed by atoms with Crippen LogP contribution >= 0.6 is 11.3 Å². The van der Waals surface area contributed by atoms with Crippen molar-refractivity contribution < 1.29 is 9.68 Å². The summed E-state index contributed by atoms with van der Waals surface area (Å²) in [6.07, 6.45) is 0. The summed E-state index contributed by atoms with van der Waals surface area (Å²) in [6, 6.07) is 10.2. The average Bonchev–Trinajstić information content (AvgIpc) is 2.88. The minimum atomic E-state index is -0.750. The van der Waals surface area contributed by atoms with Gasteiger partial charge >= 0.3 is 7.12 Å². The maximum Gasteiger partial charge on any atom is 0.491 e. The van der Waals surface area contributed by atoms with E-state index in [2.05, 4.69) is 17.5 Å². The molecule has 1 aromatic carbocycles. The standard InChI is InChI=1S/C11H9BO2S/c13-12-10-6-8(11-2-1-5-15-11)3-4-9(10)7-14-12/h1-6,13H,7H2. The molecule has 1 aliphatic heterocycles. The van der Waals surface area contributed by atoms with E-state index in [9.17, 15) is 5.02 Å². The number of benzene rings is 1. The van der Waals surface area contributed by atoms with Crippen LogP contribution in [0, 0.1) is 0 Å². The van der Waals surface area contributed by atoms with Crippen molar-refractivity contribution in [2.45, 2.75) is 6.61 Å². The third kappa shape index (κ3) is 1.51. The van der Waals surface area contributed by atoms with Gasteiger partial charge in [0.1, 0.15) is 0 Å². The number of hydrogen-bond donors (Lipinski definition) is 1. The zero-order chi connectivity index (χ0) is 10.3. The fourth-order valence-corrected chi connectivity index (χ4v) is 2.53. The summed E-state index contributed by atoms with van der Waals surface area (Å²) in [5, 5.41) is 11.6. The number of hydrogen-bond acceptors (Lipinski definition) is 3. The van der Waals surface area contributed by atoms with Crippen LogP contribution in [0.1, 0.15) is 5.56 Å². The van der Waals surface area contributed by atoms with Gasteiger partial charge in [-0.3, -0.25) is 0 Å². The van der Waals surface area contributed by atoms with Crippen LogP contribution in [0.25, 0.3) is 10.4 Å². The fourth-order valence-electron chi connectivity index (χ4n) is 1.81. The smallest absolute Gasteiger partial charge is 0.423 e. The van der Waals surface area contributed by atoms with Gasteiger partial charge in [0.2, 0.25) is 0 Å². The normalized spacial score (nSPS) is 14.3. The third-order valence-electron chi connectivity index (χ3n) is 2.61. The summed E-state index contributed by atoms with van der Waals surface area (Å²) in [7, 11) is -0.750. The fraction of sp³-hybridized carbons (Fsp3) is 0.0909. The van der Waals surface area contributed by atoms with Gasteiger partial charge in [0, 0.05) is 4.88 Å². The lowest BCUT2D eigenvalue weighted by molar-refractivity contribution is 0.275. The minimum Gasteiger partial charge on any atom is -0.423 e. The SMILES string of the molecule is OB1OCc2ccc(-c3cccs3)cc21. The molecule has 0 spiro atoms. The molecule has 0 bridgehead atoms. The molecule has 15 heavy (non-hydrogen) atoms. The highest BCUT2D eigenvalue weighted by atomic mass is 32.1. The van der Waals surface area contributed by atoms with E-state index in [0.717, 1.165) is 16.6 Å². The van der Waals surface area contributed by atoms with E-state index in [-0.39, 0.29) is 0 Å². The van der Waals surface area contributed by atoms with E-state index in [1.807, 2.05) is 18.2 Å². The van der Waals surface area contributed by atoms with Crippen LogP contribution in [0.15, 0.2) is 35.7 Å². The highest BCUT2D eigenvalue weighted by molar-refractivity contribution is 7.13. The van der Waals surface area contributed by atoms with Crippen LogP contribution in [-0.4, -0.2) is 12.1 Å². The Hall–Kier alpha value is -1.10. The molecule has 2 aromatic rings. The maximum atomic E-state index is 9.58. The van der Waals surface area contributed by atoms with Crippen LogP contribution < -0.4 is 5.46 Å². The van der Waals surface area contributed by atoms with Gasteiger partial charge in [-0.2, -0.15) is 0 Å². The van der Waals surface area contributed by atoms with Crippen molar-refractivity contribution in [3.8, 4) is 10.4 Å². The molecule has 3 rings (SSSR count).